The van der Waals surface area contributed by atoms with Gasteiger partial charge in [-0.25, -0.2) is 0 Å². The topological polar surface area (TPSA) is 32.8 Å². The number of fused-ring (bicyclic) bond motifs is 6. The maximum Gasteiger partial charge on any atom is 0.159 e. The van der Waals surface area contributed by atoms with Crippen LogP contribution in [0.3, 0.4) is 0 Å². The molecule has 0 aliphatic heterocycles. The molecule has 0 fully saturated rings. The van der Waals surface area contributed by atoms with E-state index >= 15 is 0 Å². The molecule has 4 nitrogen and oxygen atoms in total. The van der Waals surface area contributed by atoms with E-state index in [0.717, 1.165) is 133 Å². The molecule has 16 rings (SSSR count). The molecular weight excluding hydrogens is 1020 g/mol. The number of nitrogens with zero attached hydrogens (tertiary/aromatic N) is 2. The number of benzene rings is 14. The van der Waals surface area contributed by atoms with Crippen molar-refractivity contribution in [3.8, 4) is 44.5 Å². The van der Waals surface area contributed by atoms with E-state index in [0.29, 0.717) is 0 Å². The van der Waals surface area contributed by atoms with Gasteiger partial charge in [-0.05, 0) is 115 Å². The Labute approximate surface area is 487 Å². The third-order valence-corrected chi connectivity index (χ3v) is 17.1. The first kappa shape index (κ1) is 49.2. The highest BCUT2D eigenvalue weighted by atomic mass is 16.3. The molecule has 16 aromatic rings. The van der Waals surface area contributed by atoms with Crippen LogP contribution < -0.4 is 9.80 Å². The normalized spacial score (nSPS) is 12.0. The first-order valence-electron chi connectivity index (χ1n) is 29.0. The second-order valence-corrected chi connectivity index (χ2v) is 23.2. The van der Waals surface area contributed by atoms with Crippen LogP contribution >= 0.6 is 0 Å². The fourth-order valence-electron chi connectivity index (χ4n) is 13.1. The van der Waals surface area contributed by atoms with Crippen molar-refractivity contribution in [2.75, 3.05) is 9.80 Å². The number of anilines is 6. The molecule has 0 radical (unpaired) electrons. The number of para-hydroxylation sites is 4. The Kier molecular flexibility index (Phi) is 11.4. The molecule has 398 valence electrons. The van der Waals surface area contributed by atoms with Gasteiger partial charge in [0.15, 0.2) is 11.2 Å². The van der Waals surface area contributed by atoms with Crippen LogP contribution in [0.1, 0.15) is 26.3 Å². The second kappa shape index (κ2) is 19.5. The van der Waals surface area contributed by atoms with Crippen LogP contribution in [0.15, 0.2) is 294 Å². The molecule has 0 atom stereocenters. The molecule has 0 spiro atoms. The van der Waals surface area contributed by atoms with E-state index in [9.17, 15) is 0 Å². The summed E-state index contributed by atoms with van der Waals surface area (Å²) in [5.74, 6) is 0. The minimum atomic E-state index is -0.0790. The van der Waals surface area contributed by atoms with Crippen LogP contribution in [-0.4, -0.2) is 0 Å². The van der Waals surface area contributed by atoms with Gasteiger partial charge in [0, 0.05) is 48.8 Å². The van der Waals surface area contributed by atoms with Crippen molar-refractivity contribution >= 4 is 110 Å². The molecule has 0 saturated heterocycles. The predicted molar refractivity (Wildman–Crippen MR) is 355 cm³/mol. The Hall–Kier alpha value is -10.7. The SMILES string of the molecule is CC(C)(C)c1cc2ccc3c(N(c4ccc(-c5ccccc5)cc4-c4ccccc4)c4cccc5c4oc4ccccc45)cc(N(c4ccc(-c5ccccc5)cc4-c4ccccc4)c4cccc5c4oc4ccccc45)c4ccc(c1)c2c34. The average Bonchev–Trinajstić information content (AvgIpc) is 1.78. The summed E-state index contributed by atoms with van der Waals surface area (Å²) in [7, 11) is 0. The van der Waals surface area contributed by atoms with Crippen LogP contribution in [-0.2, 0) is 5.41 Å². The van der Waals surface area contributed by atoms with Gasteiger partial charge in [-0.1, -0.05) is 251 Å². The first-order chi connectivity index (χ1) is 41.3. The quantitative estimate of drug-likeness (QED) is 0.128. The highest BCUT2D eigenvalue weighted by Crippen LogP contribution is 2.56. The summed E-state index contributed by atoms with van der Waals surface area (Å²) in [5, 5.41) is 11.2. The molecule has 84 heavy (non-hydrogen) atoms. The number of rotatable bonds is 10. The molecule has 2 heterocycles. The van der Waals surface area contributed by atoms with Crippen molar-refractivity contribution in [1.82, 2.24) is 0 Å². The molecule has 14 aromatic carbocycles. The van der Waals surface area contributed by atoms with Crippen molar-refractivity contribution < 1.29 is 8.83 Å². The fourth-order valence-corrected chi connectivity index (χ4v) is 13.1. The zero-order valence-electron chi connectivity index (χ0n) is 46.8. The first-order valence-corrected chi connectivity index (χ1v) is 29.0. The van der Waals surface area contributed by atoms with Crippen molar-refractivity contribution in [2.24, 2.45) is 0 Å². The monoisotopic (exact) mass is 1080 g/mol. The van der Waals surface area contributed by atoms with Gasteiger partial charge >= 0.3 is 0 Å². The minimum absolute atomic E-state index is 0.0790. The number of hydrogen-bond donors (Lipinski definition) is 0. The largest absolute Gasteiger partial charge is 0.454 e. The standard InChI is InChI=1S/C80H56N2O2/c1-80(2,3)59-46-57-38-42-64-72(81(70-34-20-32-62-60-30-16-18-36-74(60)83-78(62)70)68-44-40-55(51-22-8-4-9-23-51)48-66(68)53-26-12-6-13-27-53)50-73(65-43-39-58(47-59)76(57)77(64)65)82(71-35-21-33-63-61-31-17-19-37-75(61)84-79(63)71)69-45-41-56(52-24-10-5-11-25-52)49-67(69)54-28-14-7-15-29-54/h4-50H,1-3H3. The summed E-state index contributed by atoms with van der Waals surface area (Å²) in [4.78, 5) is 4.99. The summed E-state index contributed by atoms with van der Waals surface area (Å²) >= 11 is 0. The van der Waals surface area contributed by atoms with Gasteiger partial charge in [0.1, 0.15) is 11.2 Å². The van der Waals surface area contributed by atoms with Crippen LogP contribution in [0.2, 0.25) is 0 Å². The molecule has 0 N–H and O–H groups in total. The maximum absolute atomic E-state index is 7.16. The maximum atomic E-state index is 7.16. The molecule has 0 aliphatic rings. The summed E-state index contributed by atoms with van der Waals surface area (Å²) in [6.45, 7) is 6.93. The Morgan fingerprint density at radius 2 is 0.655 bits per heavy atom. The van der Waals surface area contributed by atoms with E-state index in [2.05, 4.69) is 316 Å². The van der Waals surface area contributed by atoms with Gasteiger partial charge < -0.3 is 18.6 Å². The van der Waals surface area contributed by atoms with Crippen molar-refractivity contribution in [3.63, 3.8) is 0 Å². The average molecular weight is 1080 g/mol. The zero-order chi connectivity index (χ0) is 56.0. The summed E-state index contributed by atoms with van der Waals surface area (Å²) in [6, 6.07) is 104. The van der Waals surface area contributed by atoms with Crippen LogP contribution in [0, 0.1) is 0 Å². The Balaban J connectivity index is 1.09. The van der Waals surface area contributed by atoms with Crippen molar-refractivity contribution in [3.05, 3.63) is 291 Å². The lowest BCUT2D eigenvalue weighted by Crippen LogP contribution is -2.16. The highest BCUT2D eigenvalue weighted by molar-refractivity contribution is 6.30. The highest BCUT2D eigenvalue weighted by Gasteiger charge is 2.31. The lowest BCUT2D eigenvalue weighted by molar-refractivity contribution is 0.591. The molecule has 0 bridgehead atoms. The van der Waals surface area contributed by atoms with Gasteiger partial charge in [-0.2, -0.15) is 0 Å². The van der Waals surface area contributed by atoms with Gasteiger partial charge in [0.25, 0.3) is 0 Å². The Morgan fingerprint density at radius 1 is 0.262 bits per heavy atom. The van der Waals surface area contributed by atoms with Gasteiger partial charge in [0.05, 0.1) is 34.1 Å². The third-order valence-electron chi connectivity index (χ3n) is 17.1. The summed E-state index contributed by atoms with van der Waals surface area (Å²) < 4.78 is 14.3. The van der Waals surface area contributed by atoms with Crippen molar-refractivity contribution in [1.29, 1.82) is 0 Å². The Morgan fingerprint density at radius 3 is 1.08 bits per heavy atom. The molecule has 4 heteroatoms. The predicted octanol–water partition coefficient (Wildman–Crippen LogP) is 23.3. The molecule has 0 unspecified atom stereocenters. The van der Waals surface area contributed by atoms with Gasteiger partial charge in [-0.15, -0.1) is 0 Å². The molecule has 0 amide bonds. The minimum Gasteiger partial charge on any atom is -0.454 e. The Bertz CT molecular complexity index is 4860. The molecule has 0 saturated carbocycles. The number of hydrogen-bond acceptors (Lipinski definition) is 4. The van der Waals surface area contributed by atoms with Gasteiger partial charge in [-0.3, -0.25) is 0 Å². The lowest BCUT2D eigenvalue weighted by Gasteiger charge is -2.34. The fraction of sp³-hybridized carbons (Fsp3) is 0.0500. The van der Waals surface area contributed by atoms with Crippen molar-refractivity contribution in [2.45, 2.75) is 26.2 Å². The van der Waals surface area contributed by atoms with Crippen LogP contribution in [0.4, 0.5) is 34.1 Å². The summed E-state index contributed by atoms with van der Waals surface area (Å²) in [6.07, 6.45) is 0. The van der Waals surface area contributed by atoms with E-state index in [1.165, 1.54) is 27.1 Å². The van der Waals surface area contributed by atoms with Gasteiger partial charge in [0.2, 0.25) is 0 Å². The van der Waals surface area contributed by atoms with Crippen LogP contribution in [0.5, 0.6) is 0 Å². The lowest BCUT2D eigenvalue weighted by atomic mass is 9.83. The van der Waals surface area contributed by atoms with E-state index < -0.39 is 0 Å². The number of furan rings is 2. The van der Waals surface area contributed by atoms with Crippen LogP contribution in [0.25, 0.3) is 121 Å². The van der Waals surface area contributed by atoms with E-state index in [-0.39, 0.29) is 5.41 Å². The zero-order valence-corrected chi connectivity index (χ0v) is 46.8. The van der Waals surface area contributed by atoms with E-state index in [4.69, 9.17) is 8.83 Å². The molecule has 2 aromatic heterocycles. The molecular formula is C80H56N2O2. The summed E-state index contributed by atoms with van der Waals surface area (Å²) in [5.41, 5.74) is 19.3. The third kappa shape index (κ3) is 8.05. The van der Waals surface area contributed by atoms with E-state index in [1.807, 2.05) is 0 Å². The van der Waals surface area contributed by atoms with E-state index in [1.54, 1.807) is 0 Å². The molecule has 0 aliphatic carbocycles. The smallest absolute Gasteiger partial charge is 0.159 e. The second-order valence-electron chi connectivity index (χ2n) is 23.2.